The fourth-order valence-corrected chi connectivity index (χ4v) is 1.14. The molecule has 1 atom stereocenters. The first-order valence-corrected chi connectivity index (χ1v) is 4.34. The van der Waals surface area contributed by atoms with Gasteiger partial charge in [-0.3, -0.25) is 0 Å². The Labute approximate surface area is 87.9 Å². The number of imidazole rings is 1. The lowest BCUT2D eigenvalue weighted by atomic mass is 10.0. The maximum absolute atomic E-state index is 12.6. The van der Waals surface area contributed by atoms with Gasteiger partial charge in [0.2, 0.25) is 0 Å². The van der Waals surface area contributed by atoms with Gasteiger partial charge in [0.05, 0.1) is 6.20 Å². The van der Waals surface area contributed by atoms with Gasteiger partial charge < -0.3 is 10.7 Å². The zero-order valence-corrected chi connectivity index (χ0v) is 8.21. The summed E-state index contributed by atoms with van der Waals surface area (Å²) >= 11 is 0. The Bertz CT molecular complexity index is 483. The van der Waals surface area contributed by atoms with E-state index in [4.69, 9.17) is 5.73 Å². The summed E-state index contributed by atoms with van der Waals surface area (Å²) in [5, 5.41) is 0. The molecule has 5 nitrogen and oxygen atoms in total. The third-order valence-electron chi connectivity index (χ3n) is 2.24. The Balaban J connectivity index is 2.56. The molecule has 0 aromatic carbocycles. The molecule has 0 aliphatic heterocycles. The minimum atomic E-state index is -4.59. The number of hydrogen-bond acceptors (Lipinski definition) is 4. The summed E-state index contributed by atoms with van der Waals surface area (Å²) in [6.07, 6.45) is -2.05. The number of alkyl halides is 3. The molecule has 0 aliphatic carbocycles. The van der Waals surface area contributed by atoms with E-state index >= 15 is 0 Å². The molecule has 86 valence electrons. The molecule has 0 radical (unpaired) electrons. The van der Waals surface area contributed by atoms with Crippen molar-refractivity contribution in [3.05, 3.63) is 18.3 Å². The molecule has 0 aliphatic rings. The summed E-state index contributed by atoms with van der Waals surface area (Å²) < 4.78 is 37.9. The van der Waals surface area contributed by atoms with E-state index < -0.39 is 11.7 Å². The van der Waals surface area contributed by atoms with Crippen LogP contribution in [0.15, 0.2) is 12.5 Å². The van der Waals surface area contributed by atoms with Crippen LogP contribution in [-0.4, -0.2) is 26.1 Å². The van der Waals surface area contributed by atoms with Crippen molar-refractivity contribution < 1.29 is 13.2 Å². The predicted octanol–water partition coefficient (Wildman–Crippen LogP) is 1.09. The van der Waals surface area contributed by atoms with Crippen molar-refractivity contribution in [3.63, 3.8) is 0 Å². The molecule has 0 saturated heterocycles. The summed E-state index contributed by atoms with van der Waals surface area (Å²) in [4.78, 5) is 13.5. The van der Waals surface area contributed by atoms with Crippen LogP contribution < -0.4 is 5.73 Å². The molecule has 1 unspecified atom stereocenters. The van der Waals surface area contributed by atoms with Gasteiger partial charge >= 0.3 is 6.18 Å². The third kappa shape index (κ3) is 1.51. The van der Waals surface area contributed by atoms with Crippen molar-refractivity contribution in [2.45, 2.75) is 18.6 Å². The first-order chi connectivity index (χ1) is 7.32. The molecule has 0 saturated carbocycles. The van der Waals surface area contributed by atoms with Gasteiger partial charge in [-0.05, 0) is 6.92 Å². The number of halogens is 3. The van der Waals surface area contributed by atoms with Crippen LogP contribution in [0.5, 0.6) is 0 Å². The third-order valence-corrected chi connectivity index (χ3v) is 2.24. The highest BCUT2D eigenvalue weighted by Crippen LogP contribution is 2.35. The number of H-pyrrole nitrogens is 1. The highest BCUT2D eigenvalue weighted by molar-refractivity contribution is 5.69. The number of rotatable bonds is 1. The van der Waals surface area contributed by atoms with Crippen molar-refractivity contribution >= 4 is 11.2 Å². The molecule has 3 N–H and O–H groups in total. The normalized spacial score (nSPS) is 16.3. The van der Waals surface area contributed by atoms with Crippen LogP contribution >= 0.6 is 0 Å². The number of nitrogens with zero attached hydrogens (tertiary/aromatic N) is 3. The average Bonchev–Trinajstić information content (AvgIpc) is 2.59. The Hall–Kier alpha value is -1.70. The SMILES string of the molecule is CC(N)(c1nc2ncncc2[nH]1)C(F)(F)F. The standard InChI is InChI=1S/C8H8F3N5/c1-7(12,8(9,10)11)6-15-4-2-13-3-14-5(4)16-6/h2-3H,12H2,1H3,(H,13,14,15,16). The van der Waals surface area contributed by atoms with Gasteiger partial charge in [-0.2, -0.15) is 13.2 Å². The van der Waals surface area contributed by atoms with E-state index in [0.29, 0.717) is 5.52 Å². The van der Waals surface area contributed by atoms with Crippen molar-refractivity contribution in [2.24, 2.45) is 5.73 Å². The van der Waals surface area contributed by atoms with Gasteiger partial charge in [0.25, 0.3) is 0 Å². The van der Waals surface area contributed by atoms with Gasteiger partial charge in [-0.1, -0.05) is 0 Å². The lowest BCUT2D eigenvalue weighted by Crippen LogP contribution is -2.48. The summed E-state index contributed by atoms with van der Waals surface area (Å²) in [5.41, 5.74) is 3.15. The number of aromatic amines is 1. The predicted molar refractivity (Wildman–Crippen MR) is 49.3 cm³/mol. The van der Waals surface area contributed by atoms with E-state index in [1.165, 1.54) is 12.5 Å². The Morgan fingerprint density at radius 1 is 1.38 bits per heavy atom. The van der Waals surface area contributed by atoms with E-state index in [9.17, 15) is 13.2 Å². The largest absolute Gasteiger partial charge is 0.413 e. The zero-order valence-electron chi connectivity index (χ0n) is 8.21. The van der Waals surface area contributed by atoms with Crippen molar-refractivity contribution in [1.82, 2.24) is 19.9 Å². The van der Waals surface area contributed by atoms with Gasteiger partial charge in [0.1, 0.15) is 17.7 Å². The minimum Gasteiger partial charge on any atom is -0.337 e. The molecule has 0 amide bonds. The molecular formula is C8H8F3N5. The lowest BCUT2D eigenvalue weighted by Gasteiger charge is -2.24. The summed E-state index contributed by atoms with van der Waals surface area (Å²) in [7, 11) is 0. The second kappa shape index (κ2) is 3.14. The average molecular weight is 231 g/mol. The van der Waals surface area contributed by atoms with Crippen LogP contribution in [0.4, 0.5) is 13.2 Å². The molecule has 0 spiro atoms. The zero-order chi connectivity index (χ0) is 12.0. The van der Waals surface area contributed by atoms with Gasteiger partial charge in [-0.15, -0.1) is 0 Å². The Kier molecular flexibility index (Phi) is 2.12. The van der Waals surface area contributed by atoms with Crippen LogP contribution in [0, 0.1) is 0 Å². The van der Waals surface area contributed by atoms with E-state index in [1.807, 2.05) is 0 Å². The van der Waals surface area contributed by atoms with Crippen LogP contribution in [0.3, 0.4) is 0 Å². The highest BCUT2D eigenvalue weighted by atomic mass is 19.4. The number of aromatic nitrogens is 4. The second-order valence-electron chi connectivity index (χ2n) is 3.55. The summed E-state index contributed by atoms with van der Waals surface area (Å²) in [6.45, 7) is 0.845. The first kappa shape index (κ1) is 10.8. The topological polar surface area (TPSA) is 80.5 Å². The Morgan fingerprint density at radius 3 is 2.62 bits per heavy atom. The second-order valence-corrected chi connectivity index (χ2v) is 3.55. The fourth-order valence-electron chi connectivity index (χ4n) is 1.14. The van der Waals surface area contributed by atoms with Gasteiger partial charge in [-0.25, -0.2) is 15.0 Å². The molecule has 2 heterocycles. The molecule has 8 heteroatoms. The van der Waals surface area contributed by atoms with E-state index in [1.54, 1.807) is 0 Å². The van der Waals surface area contributed by atoms with Gasteiger partial charge in [0.15, 0.2) is 11.2 Å². The van der Waals surface area contributed by atoms with E-state index in [-0.39, 0.29) is 11.5 Å². The lowest BCUT2D eigenvalue weighted by molar-refractivity contribution is -0.186. The van der Waals surface area contributed by atoms with Gasteiger partial charge in [0, 0.05) is 0 Å². The fraction of sp³-hybridized carbons (Fsp3) is 0.375. The minimum absolute atomic E-state index is 0.158. The molecular weight excluding hydrogens is 223 g/mol. The number of nitrogens with one attached hydrogen (secondary N) is 1. The summed E-state index contributed by atoms with van der Waals surface area (Å²) in [6, 6.07) is 0. The van der Waals surface area contributed by atoms with Crippen LogP contribution in [0.25, 0.3) is 11.2 Å². The van der Waals surface area contributed by atoms with Crippen LogP contribution in [0.1, 0.15) is 12.7 Å². The van der Waals surface area contributed by atoms with Crippen molar-refractivity contribution in [2.75, 3.05) is 0 Å². The van der Waals surface area contributed by atoms with Crippen molar-refractivity contribution in [3.8, 4) is 0 Å². The van der Waals surface area contributed by atoms with Crippen LogP contribution in [-0.2, 0) is 5.54 Å². The monoisotopic (exact) mass is 231 g/mol. The first-order valence-electron chi connectivity index (χ1n) is 4.34. The molecule has 2 aromatic rings. The molecule has 2 rings (SSSR count). The number of hydrogen-bond donors (Lipinski definition) is 2. The maximum Gasteiger partial charge on any atom is 0.413 e. The smallest absolute Gasteiger partial charge is 0.337 e. The molecule has 0 fully saturated rings. The number of nitrogens with two attached hydrogens (primary N) is 1. The Morgan fingerprint density at radius 2 is 2.06 bits per heavy atom. The van der Waals surface area contributed by atoms with E-state index in [0.717, 1.165) is 6.92 Å². The summed E-state index contributed by atoms with van der Waals surface area (Å²) in [5.74, 6) is -0.379. The quantitative estimate of drug-likeness (QED) is 0.769. The molecule has 16 heavy (non-hydrogen) atoms. The van der Waals surface area contributed by atoms with E-state index in [2.05, 4.69) is 19.9 Å². The molecule has 2 aromatic heterocycles. The maximum atomic E-state index is 12.6. The molecule has 0 bridgehead atoms. The van der Waals surface area contributed by atoms with Crippen molar-refractivity contribution in [1.29, 1.82) is 0 Å². The highest BCUT2D eigenvalue weighted by Gasteiger charge is 2.51. The van der Waals surface area contributed by atoms with Crippen LogP contribution in [0.2, 0.25) is 0 Å². The number of fused-ring (bicyclic) bond motifs is 1.